The molecule has 8 fully saturated rings. The van der Waals surface area contributed by atoms with E-state index in [9.17, 15) is 56.2 Å². The van der Waals surface area contributed by atoms with Gasteiger partial charge in [-0.1, -0.05) is 32.4 Å². The molecule has 0 aromatic rings. The average Bonchev–Trinajstić information content (AvgIpc) is 3.64. The highest BCUT2D eigenvalue weighted by Gasteiger charge is 2.77. The largest absolute Gasteiger partial charge is 0.396 e. The Labute approximate surface area is 373 Å². The first-order valence-electron chi connectivity index (χ1n) is 23.6. The van der Waals surface area contributed by atoms with Crippen molar-refractivity contribution in [2.75, 3.05) is 19.8 Å². The Hall–Kier alpha value is -1.02. The highest BCUT2D eigenvalue weighted by molar-refractivity contribution is 5.29. The lowest BCUT2D eigenvalue weighted by Crippen LogP contribution is -2.65. The second-order valence-electron chi connectivity index (χ2n) is 21.2. The van der Waals surface area contributed by atoms with Gasteiger partial charge in [-0.15, -0.1) is 0 Å². The van der Waals surface area contributed by atoms with Crippen molar-refractivity contribution in [1.29, 1.82) is 0 Å². The van der Waals surface area contributed by atoms with Crippen molar-refractivity contribution in [3.63, 3.8) is 0 Å². The molecule has 366 valence electrons. The van der Waals surface area contributed by atoms with E-state index in [1.807, 2.05) is 6.92 Å². The van der Waals surface area contributed by atoms with Crippen LogP contribution in [0, 0.1) is 40.4 Å². The Bertz CT molecular complexity index is 1710. The quantitative estimate of drug-likeness (QED) is 0.121. The Morgan fingerprint density at radius 2 is 1.33 bits per heavy atom. The lowest BCUT2D eigenvalue weighted by Gasteiger charge is -2.60. The SMILES string of the molecule is CC1OC(OC2C(C)OC(OC3C(CO)OC(OC4CCC5(C)C(=CCC6C5CCC5(C)C6CC6OC7(OCC(CO)CC7O)C(C)C65O)C4)C(O)C3O)C(O)C2O)C(O)C(O)C1O. The first kappa shape index (κ1) is 48.0. The molecule has 5 saturated heterocycles. The summed E-state index contributed by atoms with van der Waals surface area (Å²) < 4.78 is 48.3. The molecule has 3 saturated carbocycles. The molecule has 27 atom stereocenters. The van der Waals surface area contributed by atoms with E-state index in [1.54, 1.807) is 0 Å². The van der Waals surface area contributed by atoms with Crippen LogP contribution in [0.5, 0.6) is 0 Å². The van der Waals surface area contributed by atoms with Gasteiger partial charge in [0.15, 0.2) is 24.7 Å². The van der Waals surface area contributed by atoms with Crippen molar-refractivity contribution in [3.05, 3.63) is 11.6 Å². The lowest BCUT2D eigenvalue weighted by atomic mass is 9.46. The van der Waals surface area contributed by atoms with E-state index >= 15 is 0 Å². The van der Waals surface area contributed by atoms with Crippen LogP contribution in [0.2, 0.25) is 0 Å². The molecule has 4 aliphatic carbocycles. The van der Waals surface area contributed by atoms with Gasteiger partial charge >= 0.3 is 0 Å². The van der Waals surface area contributed by atoms with E-state index in [2.05, 4.69) is 19.9 Å². The molecule has 27 unspecified atom stereocenters. The van der Waals surface area contributed by atoms with Crippen LogP contribution in [0.25, 0.3) is 0 Å². The van der Waals surface area contributed by atoms with Crippen LogP contribution >= 0.6 is 0 Å². The van der Waals surface area contributed by atoms with Crippen LogP contribution < -0.4 is 0 Å². The molecule has 0 radical (unpaired) electrons. The maximum atomic E-state index is 12.8. The number of hydrogen-bond acceptors (Lipinski definition) is 19. The second kappa shape index (κ2) is 17.4. The summed E-state index contributed by atoms with van der Waals surface area (Å²) in [5.74, 6) is -1.10. The summed E-state index contributed by atoms with van der Waals surface area (Å²) in [4.78, 5) is 0. The summed E-state index contributed by atoms with van der Waals surface area (Å²) in [6.45, 7) is 8.98. The highest BCUT2D eigenvalue weighted by Crippen LogP contribution is 2.72. The summed E-state index contributed by atoms with van der Waals surface area (Å²) in [5.41, 5.74) is -0.511. The molecule has 9 rings (SSSR count). The summed E-state index contributed by atoms with van der Waals surface area (Å²) in [5, 5.41) is 120. The molecule has 0 bridgehead atoms. The van der Waals surface area contributed by atoms with E-state index in [0.717, 1.165) is 25.7 Å². The average molecular weight is 917 g/mol. The topological polar surface area (TPSA) is 296 Å². The van der Waals surface area contributed by atoms with Gasteiger partial charge in [0.25, 0.3) is 0 Å². The Balaban J connectivity index is 0.819. The number of aliphatic hydroxyl groups is 11. The van der Waals surface area contributed by atoms with Gasteiger partial charge in [0.05, 0.1) is 37.6 Å². The maximum Gasteiger partial charge on any atom is 0.200 e. The van der Waals surface area contributed by atoms with Crippen molar-refractivity contribution in [1.82, 2.24) is 0 Å². The number of hydrogen-bond donors (Lipinski definition) is 11. The molecular formula is C45H72O19. The molecule has 0 amide bonds. The fraction of sp³-hybridized carbons (Fsp3) is 0.956. The smallest absolute Gasteiger partial charge is 0.200 e. The second-order valence-corrected chi connectivity index (χ2v) is 21.2. The first-order valence-corrected chi connectivity index (χ1v) is 23.6. The molecule has 1 spiro atoms. The van der Waals surface area contributed by atoms with Crippen molar-refractivity contribution >= 4 is 0 Å². The van der Waals surface area contributed by atoms with Gasteiger partial charge in [-0.05, 0) is 88.4 Å². The number of allylic oxidation sites excluding steroid dienone is 1. The predicted molar refractivity (Wildman–Crippen MR) is 217 cm³/mol. The van der Waals surface area contributed by atoms with Gasteiger partial charge in [0.1, 0.15) is 72.7 Å². The summed E-state index contributed by atoms with van der Waals surface area (Å²) in [6, 6.07) is 0. The van der Waals surface area contributed by atoms with Crippen molar-refractivity contribution in [2.45, 2.75) is 208 Å². The molecule has 5 heterocycles. The first-order chi connectivity index (χ1) is 30.2. The number of aliphatic hydroxyl groups excluding tert-OH is 10. The van der Waals surface area contributed by atoms with Crippen molar-refractivity contribution < 1.29 is 94.1 Å². The van der Waals surface area contributed by atoms with Crippen LogP contribution in [0.1, 0.15) is 86.0 Å². The fourth-order valence-electron chi connectivity index (χ4n) is 14.1. The summed E-state index contributed by atoms with van der Waals surface area (Å²) >= 11 is 0. The van der Waals surface area contributed by atoms with Gasteiger partial charge in [0, 0.05) is 23.9 Å². The lowest BCUT2D eigenvalue weighted by molar-refractivity contribution is -0.376. The zero-order valence-corrected chi connectivity index (χ0v) is 37.3. The molecular weight excluding hydrogens is 844 g/mol. The van der Waals surface area contributed by atoms with E-state index in [4.69, 9.17) is 37.9 Å². The molecule has 0 aromatic heterocycles. The van der Waals surface area contributed by atoms with Crippen LogP contribution in [-0.4, -0.2) is 198 Å². The summed E-state index contributed by atoms with van der Waals surface area (Å²) in [7, 11) is 0. The third kappa shape index (κ3) is 7.25. The van der Waals surface area contributed by atoms with Crippen molar-refractivity contribution in [3.8, 4) is 0 Å². The number of fused-ring (bicyclic) bond motifs is 7. The van der Waals surface area contributed by atoms with Gasteiger partial charge in [-0.2, -0.15) is 0 Å². The maximum absolute atomic E-state index is 12.8. The minimum atomic E-state index is -1.78. The fourth-order valence-corrected chi connectivity index (χ4v) is 14.1. The zero-order chi connectivity index (χ0) is 46.0. The van der Waals surface area contributed by atoms with Crippen LogP contribution in [0.3, 0.4) is 0 Å². The minimum Gasteiger partial charge on any atom is -0.396 e. The molecule has 5 aliphatic heterocycles. The van der Waals surface area contributed by atoms with E-state index in [-0.39, 0.29) is 36.6 Å². The van der Waals surface area contributed by atoms with Crippen LogP contribution in [-0.2, 0) is 37.9 Å². The normalized spacial score (nSPS) is 58.6. The Kier molecular flexibility index (Phi) is 13.1. The van der Waals surface area contributed by atoms with E-state index in [1.165, 1.54) is 19.4 Å². The van der Waals surface area contributed by atoms with Crippen LogP contribution in [0.15, 0.2) is 11.6 Å². The van der Waals surface area contributed by atoms with Crippen molar-refractivity contribution in [2.24, 2.45) is 40.4 Å². The van der Waals surface area contributed by atoms with E-state index in [0.29, 0.717) is 37.5 Å². The van der Waals surface area contributed by atoms with Gasteiger partial charge in [-0.3, -0.25) is 0 Å². The number of rotatable bonds is 8. The molecule has 11 N–H and O–H groups in total. The third-order valence-corrected chi connectivity index (χ3v) is 18.1. The zero-order valence-electron chi connectivity index (χ0n) is 37.3. The third-order valence-electron chi connectivity index (χ3n) is 18.1. The predicted octanol–water partition coefficient (Wildman–Crippen LogP) is -1.70. The van der Waals surface area contributed by atoms with Gasteiger partial charge < -0.3 is 94.1 Å². The monoisotopic (exact) mass is 916 g/mol. The molecule has 64 heavy (non-hydrogen) atoms. The molecule has 0 aromatic carbocycles. The van der Waals surface area contributed by atoms with E-state index < -0.39 is 134 Å². The Morgan fingerprint density at radius 1 is 0.688 bits per heavy atom. The molecule has 19 nitrogen and oxygen atoms in total. The van der Waals surface area contributed by atoms with Gasteiger partial charge in [0.2, 0.25) is 0 Å². The highest BCUT2D eigenvalue weighted by atomic mass is 16.8. The van der Waals surface area contributed by atoms with Crippen LogP contribution in [0.4, 0.5) is 0 Å². The molecule has 19 heteroatoms. The standard InChI is InChI=1S/C45H72O19/c1-18-30(49)31(50)34(53)39(58-18)62-37-19(2)59-40(35(54)32(37)51)63-38-27(16-47)61-41(36(55)33(38)52)60-23-8-10-42(4)22(13-23)6-7-24-25(42)9-11-43(5)26(24)14-29-44(43,56)20(3)45(64-29)28(48)12-21(15-46)17-57-45/h6,18-21,23-41,46-56H,7-17H2,1-5H3. The van der Waals surface area contributed by atoms with Gasteiger partial charge in [-0.25, -0.2) is 0 Å². The molecule has 9 aliphatic rings. The Morgan fingerprint density at radius 3 is 2.00 bits per heavy atom. The minimum absolute atomic E-state index is 0.0811. The summed E-state index contributed by atoms with van der Waals surface area (Å²) in [6.07, 6.45) is -15.5. The number of ether oxygens (including phenoxy) is 8.